The highest BCUT2D eigenvalue weighted by molar-refractivity contribution is 9.10. The van der Waals surface area contributed by atoms with Gasteiger partial charge in [-0.15, -0.1) is 0 Å². The zero-order chi connectivity index (χ0) is 11.7. The summed E-state index contributed by atoms with van der Waals surface area (Å²) in [4.78, 5) is 0. The number of hydrogen-bond donors (Lipinski definition) is 1. The molecular weight excluding hydrogens is 279 g/mol. The van der Waals surface area contributed by atoms with E-state index in [1.165, 1.54) is 6.07 Å². The maximum Gasteiger partial charge on any atom is 0.176 e. The van der Waals surface area contributed by atoms with Crippen molar-refractivity contribution in [1.82, 2.24) is 0 Å². The van der Waals surface area contributed by atoms with Crippen molar-refractivity contribution in [3.05, 3.63) is 21.9 Å². The predicted molar refractivity (Wildman–Crippen MR) is 60.5 cm³/mol. The third-order valence-corrected chi connectivity index (χ3v) is 3.16. The molecule has 16 heavy (non-hydrogen) atoms. The topological polar surface area (TPSA) is 38.7 Å². The minimum Gasteiger partial charge on any atom is -0.486 e. The van der Waals surface area contributed by atoms with Crippen LogP contribution in [0, 0.1) is 5.82 Å². The number of ether oxygens (including phenoxy) is 2. The van der Waals surface area contributed by atoms with Crippen LogP contribution in [0.3, 0.4) is 0 Å². The zero-order valence-electron chi connectivity index (χ0n) is 8.80. The fraction of sp³-hybridized carbons (Fsp3) is 0.455. The maximum absolute atomic E-state index is 13.7. The van der Waals surface area contributed by atoms with Crippen molar-refractivity contribution in [1.29, 1.82) is 0 Å². The Balaban J connectivity index is 2.45. The molecule has 0 fully saturated rings. The van der Waals surface area contributed by atoms with Gasteiger partial charge in [0, 0.05) is 18.1 Å². The number of hydrogen-bond acceptors (Lipinski definition) is 3. The molecule has 2 rings (SSSR count). The van der Waals surface area contributed by atoms with E-state index in [2.05, 4.69) is 15.9 Å². The Morgan fingerprint density at radius 2 is 2.19 bits per heavy atom. The Kier molecular flexibility index (Phi) is 3.35. The van der Waals surface area contributed by atoms with E-state index in [1.54, 1.807) is 6.92 Å². The number of aliphatic hydroxyl groups excluding tert-OH is 1. The molecule has 1 heterocycles. The molecule has 0 saturated heterocycles. The molecule has 1 N–H and O–H groups in total. The van der Waals surface area contributed by atoms with E-state index in [-0.39, 0.29) is 6.42 Å². The molecular formula is C11H12BrFO3. The molecule has 0 amide bonds. The van der Waals surface area contributed by atoms with Crippen molar-refractivity contribution in [3.63, 3.8) is 0 Å². The van der Waals surface area contributed by atoms with Crippen molar-refractivity contribution >= 4 is 15.9 Å². The molecule has 88 valence electrons. The van der Waals surface area contributed by atoms with E-state index in [1.807, 2.05) is 0 Å². The van der Waals surface area contributed by atoms with Gasteiger partial charge in [-0.2, -0.15) is 0 Å². The molecule has 1 aliphatic heterocycles. The van der Waals surface area contributed by atoms with E-state index in [9.17, 15) is 9.50 Å². The standard InChI is InChI=1S/C11H12BrFO3/c1-6(14)4-7-8(13)5-9-11(10(7)12)16-3-2-15-9/h5-6,14H,2-4H2,1H3. The van der Waals surface area contributed by atoms with Gasteiger partial charge in [-0.25, -0.2) is 4.39 Å². The molecule has 1 aliphatic rings. The van der Waals surface area contributed by atoms with E-state index in [0.717, 1.165) is 0 Å². The Labute approximate surface area is 101 Å². The summed E-state index contributed by atoms with van der Waals surface area (Å²) >= 11 is 3.29. The van der Waals surface area contributed by atoms with Gasteiger partial charge >= 0.3 is 0 Å². The minimum atomic E-state index is -0.603. The molecule has 1 aromatic rings. The number of halogens is 2. The molecule has 0 radical (unpaired) electrons. The Hall–Kier alpha value is -0.810. The summed E-state index contributed by atoms with van der Waals surface area (Å²) in [6, 6.07) is 1.30. The summed E-state index contributed by atoms with van der Waals surface area (Å²) in [5, 5.41) is 9.30. The second-order valence-electron chi connectivity index (χ2n) is 3.73. The van der Waals surface area contributed by atoms with Gasteiger partial charge in [0.2, 0.25) is 0 Å². The normalized spacial score (nSPS) is 16.0. The second-order valence-corrected chi connectivity index (χ2v) is 4.52. The zero-order valence-corrected chi connectivity index (χ0v) is 10.4. The second kappa shape index (κ2) is 4.59. The lowest BCUT2D eigenvalue weighted by Gasteiger charge is -2.21. The number of aliphatic hydroxyl groups is 1. The van der Waals surface area contributed by atoms with Gasteiger partial charge in [-0.3, -0.25) is 0 Å². The van der Waals surface area contributed by atoms with Gasteiger partial charge in [0.1, 0.15) is 19.0 Å². The first-order valence-corrected chi connectivity index (χ1v) is 5.83. The molecule has 0 aromatic heterocycles. The van der Waals surface area contributed by atoms with Gasteiger partial charge in [0.25, 0.3) is 0 Å². The Morgan fingerprint density at radius 3 is 2.88 bits per heavy atom. The fourth-order valence-electron chi connectivity index (χ4n) is 1.64. The van der Waals surface area contributed by atoms with Gasteiger partial charge in [0.05, 0.1) is 10.6 Å². The van der Waals surface area contributed by atoms with E-state index in [0.29, 0.717) is 34.7 Å². The summed E-state index contributed by atoms with van der Waals surface area (Å²) in [5.41, 5.74) is 0.416. The van der Waals surface area contributed by atoms with Crippen molar-refractivity contribution in [2.24, 2.45) is 0 Å². The minimum absolute atomic E-state index is 0.239. The molecule has 3 nitrogen and oxygen atoms in total. The molecule has 1 unspecified atom stereocenters. The Bertz CT molecular complexity index is 407. The van der Waals surface area contributed by atoms with Gasteiger partial charge in [-0.1, -0.05) is 0 Å². The first-order chi connectivity index (χ1) is 7.59. The van der Waals surface area contributed by atoms with Crippen LogP contribution in [-0.4, -0.2) is 24.4 Å². The molecule has 0 spiro atoms. The van der Waals surface area contributed by atoms with Crippen LogP contribution in [-0.2, 0) is 6.42 Å². The van der Waals surface area contributed by atoms with E-state index in [4.69, 9.17) is 9.47 Å². The monoisotopic (exact) mass is 290 g/mol. The van der Waals surface area contributed by atoms with Crippen molar-refractivity contribution in [2.45, 2.75) is 19.4 Å². The molecule has 1 aromatic carbocycles. The van der Waals surface area contributed by atoms with Crippen molar-refractivity contribution in [3.8, 4) is 11.5 Å². The van der Waals surface area contributed by atoms with Crippen molar-refractivity contribution in [2.75, 3.05) is 13.2 Å². The smallest absolute Gasteiger partial charge is 0.176 e. The third kappa shape index (κ3) is 2.15. The van der Waals surface area contributed by atoms with Crippen molar-refractivity contribution < 1.29 is 19.0 Å². The van der Waals surface area contributed by atoms with Crippen LogP contribution in [0.1, 0.15) is 12.5 Å². The number of benzene rings is 1. The van der Waals surface area contributed by atoms with E-state index < -0.39 is 11.9 Å². The predicted octanol–water partition coefficient (Wildman–Crippen LogP) is 2.28. The molecule has 5 heteroatoms. The maximum atomic E-state index is 13.7. The third-order valence-electron chi connectivity index (χ3n) is 2.32. The van der Waals surface area contributed by atoms with Crippen LogP contribution < -0.4 is 9.47 Å². The summed E-state index contributed by atoms with van der Waals surface area (Å²) < 4.78 is 25.0. The lowest BCUT2D eigenvalue weighted by atomic mass is 10.1. The molecule has 1 atom stereocenters. The summed E-state index contributed by atoms with van der Waals surface area (Å²) in [6.07, 6.45) is -0.364. The summed E-state index contributed by atoms with van der Waals surface area (Å²) in [7, 11) is 0. The van der Waals surface area contributed by atoms with Crippen LogP contribution in [0.25, 0.3) is 0 Å². The molecule has 0 aliphatic carbocycles. The Morgan fingerprint density at radius 1 is 1.50 bits per heavy atom. The average Bonchev–Trinajstić information content (AvgIpc) is 2.24. The lowest BCUT2D eigenvalue weighted by Crippen LogP contribution is -2.17. The number of rotatable bonds is 2. The summed E-state index contributed by atoms with van der Waals surface area (Å²) in [6.45, 7) is 2.49. The van der Waals surface area contributed by atoms with Crippen LogP contribution in [0.5, 0.6) is 11.5 Å². The van der Waals surface area contributed by atoms with Crippen LogP contribution in [0.2, 0.25) is 0 Å². The van der Waals surface area contributed by atoms with E-state index >= 15 is 0 Å². The summed E-state index contributed by atoms with van der Waals surface area (Å²) in [5.74, 6) is 0.533. The van der Waals surface area contributed by atoms with Crippen LogP contribution in [0.15, 0.2) is 10.5 Å². The SMILES string of the molecule is CC(O)Cc1c(F)cc2c(c1Br)OCCO2. The molecule has 0 saturated carbocycles. The highest BCUT2D eigenvalue weighted by atomic mass is 79.9. The largest absolute Gasteiger partial charge is 0.486 e. The first-order valence-electron chi connectivity index (χ1n) is 5.04. The van der Waals surface area contributed by atoms with Gasteiger partial charge in [0.15, 0.2) is 11.5 Å². The molecule has 0 bridgehead atoms. The highest BCUT2D eigenvalue weighted by Gasteiger charge is 2.22. The first kappa shape index (κ1) is 11.7. The number of fused-ring (bicyclic) bond motifs is 1. The quantitative estimate of drug-likeness (QED) is 0.908. The lowest BCUT2D eigenvalue weighted by molar-refractivity contribution is 0.167. The highest BCUT2D eigenvalue weighted by Crippen LogP contribution is 2.41. The fourth-order valence-corrected chi connectivity index (χ4v) is 2.30. The van der Waals surface area contributed by atoms with Gasteiger partial charge in [-0.05, 0) is 22.9 Å². The van der Waals surface area contributed by atoms with Gasteiger partial charge < -0.3 is 14.6 Å². The van der Waals surface area contributed by atoms with Crippen LogP contribution in [0.4, 0.5) is 4.39 Å². The average molecular weight is 291 g/mol. The van der Waals surface area contributed by atoms with Crippen LogP contribution >= 0.6 is 15.9 Å².